The van der Waals surface area contributed by atoms with Gasteiger partial charge in [-0.1, -0.05) is 37.3 Å². The summed E-state index contributed by atoms with van der Waals surface area (Å²) in [4.78, 5) is 11.2. The highest BCUT2D eigenvalue weighted by Crippen LogP contribution is 2.15. The third-order valence-electron chi connectivity index (χ3n) is 3.24. The van der Waals surface area contributed by atoms with Crippen molar-refractivity contribution in [2.45, 2.75) is 18.8 Å². The van der Waals surface area contributed by atoms with Crippen LogP contribution < -0.4 is 5.32 Å². The van der Waals surface area contributed by atoms with Crippen LogP contribution in [0.25, 0.3) is 0 Å². The minimum absolute atomic E-state index is 0.0926. The van der Waals surface area contributed by atoms with Crippen LogP contribution in [0.4, 0.5) is 0 Å². The van der Waals surface area contributed by atoms with Gasteiger partial charge in [0.05, 0.1) is 12.2 Å². The Balaban J connectivity index is 1.83. The molecule has 1 N–H and O–H groups in total. The summed E-state index contributed by atoms with van der Waals surface area (Å²) in [6.07, 6.45) is 2.68. The number of aldehydes is 1. The summed E-state index contributed by atoms with van der Waals surface area (Å²) in [5, 5.41) is 3.33. The number of furan rings is 1. The van der Waals surface area contributed by atoms with Crippen LogP contribution in [0.3, 0.4) is 0 Å². The summed E-state index contributed by atoms with van der Waals surface area (Å²) in [6, 6.07) is 13.7. The van der Waals surface area contributed by atoms with Crippen molar-refractivity contribution < 1.29 is 9.21 Å². The second kappa shape index (κ2) is 6.90. The number of rotatable bonds is 7. The standard InChI is InChI=1S/C16H19NO2/c1-13(16-8-5-9-19-16)10-17-11-15(12-18)14-6-3-2-4-7-14/h2-9,12-13,15,17H,10-11H2,1H3. The number of hydrogen-bond acceptors (Lipinski definition) is 3. The van der Waals surface area contributed by atoms with Gasteiger partial charge in [0.2, 0.25) is 0 Å². The molecule has 2 rings (SSSR count). The van der Waals surface area contributed by atoms with Crippen molar-refractivity contribution >= 4 is 6.29 Å². The monoisotopic (exact) mass is 257 g/mol. The quantitative estimate of drug-likeness (QED) is 0.775. The molecule has 0 saturated carbocycles. The van der Waals surface area contributed by atoms with Crippen LogP contribution >= 0.6 is 0 Å². The van der Waals surface area contributed by atoms with Gasteiger partial charge < -0.3 is 14.5 Å². The van der Waals surface area contributed by atoms with E-state index in [4.69, 9.17) is 4.42 Å². The molecular weight excluding hydrogens is 238 g/mol. The summed E-state index contributed by atoms with van der Waals surface area (Å²) in [5.74, 6) is 1.18. The van der Waals surface area contributed by atoms with Gasteiger partial charge >= 0.3 is 0 Å². The molecule has 0 aliphatic rings. The lowest BCUT2D eigenvalue weighted by atomic mass is 10.0. The Morgan fingerprint density at radius 1 is 1.16 bits per heavy atom. The van der Waals surface area contributed by atoms with Gasteiger partial charge in [-0.05, 0) is 17.7 Å². The van der Waals surface area contributed by atoms with Crippen LogP contribution in [0, 0.1) is 0 Å². The first-order chi connectivity index (χ1) is 9.31. The molecule has 0 radical (unpaired) electrons. The molecule has 0 bridgehead atoms. The minimum atomic E-state index is -0.0926. The fraction of sp³-hybridized carbons (Fsp3) is 0.312. The Morgan fingerprint density at radius 3 is 2.58 bits per heavy atom. The molecule has 2 atom stereocenters. The lowest BCUT2D eigenvalue weighted by molar-refractivity contribution is -0.109. The maximum Gasteiger partial charge on any atom is 0.128 e. The lowest BCUT2D eigenvalue weighted by Crippen LogP contribution is -2.26. The van der Waals surface area contributed by atoms with Gasteiger partial charge in [-0.2, -0.15) is 0 Å². The van der Waals surface area contributed by atoms with Gasteiger partial charge in [0.1, 0.15) is 12.0 Å². The summed E-state index contributed by atoms with van der Waals surface area (Å²) in [7, 11) is 0. The zero-order valence-corrected chi connectivity index (χ0v) is 11.1. The van der Waals surface area contributed by atoms with Gasteiger partial charge in [-0.3, -0.25) is 0 Å². The van der Waals surface area contributed by atoms with E-state index in [9.17, 15) is 4.79 Å². The summed E-state index contributed by atoms with van der Waals surface area (Å²) in [5.41, 5.74) is 1.05. The predicted molar refractivity (Wildman–Crippen MR) is 75.2 cm³/mol. The van der Waals surface area contributed by atoms with Gasteiger partial charge in [0.15, 0.2) is 0 Å². The average Bonchev–Trinajstić information content (AvgIpc) is 2.98. The van der Waals surface area contributed by atoms with Crippen LogP contribution in [0.2, 0.25) is 0 Å². The Kier molecular flexibility index (Phi) is 4.93. The van der Waals surface area contributed by atoms with Crippen molar-refractivity contribution in [2.24, 2.45) is 0 Å². The second-order valence-electron chi connectivity index (χ2n) is 4.73. The fourth-order valence-electron chi connectivity index (χ4n) is 2.07. The Hall–Kier alpha value is -1.87. The first-order valence-corrected chi connectivity index (χ1v) is 6.55. The predicted octanol–water partition coefficient (Wildman–Crippen LogP) is 2.96. The average molecular weight is 257 g/mol. The summed E-state index contributed by atoms with van der Waals surface area (Å²) >= 11 is 0. The molecule has 3 heteroatoms. The number of hydrogen-bond donors (Lipinski definition) is 1. The van der Waals surface area contributed by atoms with Gasteiger partial charge in [-0.25, -0.2) is 0 Å². The van der Waals surface area contributed by atoms with E-state index in [1.807, 2.05) is 42.5 Å². The summed E-state index contributed by atoms with van der Waals surface area (Å²) < 4.78 is 5.35. The van der Waals surface area contributed by atoms with E-state index >= 15 is 0 Å². The minimum Gasteiger partial charge on any atom is -0.469 e. The van der Waals surface area contributed by atoms with Crippen molar-refractivity contribution in [3.05, 3.63) is 60.1 Å². The molecule has 2 unspecified atom stereocenters. The van der Waals surface area contributed by atoms with Gasteiger partial charge in [0.25, 0.3) is 0 Å². The van der Waals surface area contributed by atoms with E-state index in [0.717, 1.165) is 24.2 Å². The number of benzene rings is 1. The second-order valence-corrected chi connectivity index (χ2v) is 4.73. The van der Waals surface area contributed by atoms with E-state index in [1.165, 1.54) is 0 Å². The van der Waals surface area contributed by atoms with Crippen LogP contribution in [0.5, 0.6) is 0 Å². The third-order valence-corrected chi connectivity index (χ3v) is 3.24. The first kappa shape index (κ1) is 13.6. The van der Waals surface area contributed by atoms with E-state index in [-0.39, 0.29) is 5.92 Å². The molecule has 2 aromatic rings. The molecule has 0 aliphatic heterocycles. The fourth-order valence-corrected chi connectivity index (χ4v) is 2.07. The van der Waals surface area contributed by atoms with Crippen molar-refractivity contribution in [1.82, 2.24) is 5.32 Å². The summed E-state index contributed by atoms with van der Waals surface area (Å²) in [6.45, 7) is 3.55. The molecule has 0 saturated heterocycles. The van der Waals surface area contributed by atoms with E-state index in [0.29, 0.717) is 12.5 Å². The molecule has 0 aliphatic carbocycles. The van der Waals surface area contributed by atoms with Crippen molar-refractivity contribution in [1.29, 1.82) is 0 Å². The molecule has 1 aromatic heterocycles. The maximum absolute atomic E-state index is 11.2. The van der Waals surface area contributed by atoms with Crippen LogP contribution in [0.1, 0.15) is 30.1 Å². The molecule has 3 nitrogen and oxygen atoms in total. The molecule has 1 aromatic carbocycles. The Morgan fingerprint density at radius 2 is 1.95 bits per heavy atom. The van der Waals surface area contributed by atoms with Crippen molar-refractivity contribution in [2.75, 3.05) is 13.1 Å². The molecule has 0 fully saturated rings. The number of carbonyl (C=O) groups excluding carboxylic acids is 1. The number of nitrogens with one attached hydrogen (secondary N) is 1. The highest BCUT2D eigenvalue weighted by molar-refractivity contribution is 5.62. The SMILES string of the molecule is CC(CNCC(C=O)c1ccccc1)c1ccco1. The first-order valence-electron chi connectivity index (χ1n) is 6.55. The zero-order valence-electron chi connectivity index (χ0n) is 11.1. The molecular formula is C16H19NO2. The number of carbonyl (C=O) groups is 1. The smallest absolute Gasteiger partial charge is 0.128 e. The molecule has 0 amide bonds. The van der Waals surface area contributed by atoms with Crippen molar-refractivity contribution in [3.8, 4) is 0 Å². The normalized spacial score (nSPS) is 13.9. The van der Waals surface area contributed by atoms with E-state index in [2.05, 4.69) is 12.2 Å². The maximum atomic E-state index is 11.2. The highest BCUT2D eigenvalue weighted by atomic mass is 16.3. The molecule has 19 heavy (non-hydrogen) atoms. The van der Waals surface area contributed by atoms with Crippen LogP contribution in [-0.2, 0) is 4.79 Å². The van der Waals surface area contributed by atoms with E-state index < -0.39 is 0 Å². The molecule has 0 spiro atoms. The molecule has 100 valence electrons. The van der Waals surface area contributed by atoms with Gasteiger partial charge in [-0.15, -0.1) is 0 Å². The van der Waals surface area contributed by atoms with E-state index in [1.54, 1.807) is 6.26 Å². The molecule has 1 heterocycles. The topological polar surface area (TPSA) is 42.2 Å². The van der Waals surface area contributed by atoms with Crippen LogP contribution in [0.15, 0.2) is 53.1 Å². The van der Waals surface area contributed by atoms with Gasteiger partial charge in [0, 0.05) is 19.0 Å². The van der Waals surface area contributed by atoms with Crippen molar-refractivity contribution in [3.63, 3.8) is 0 Å². The zero-order chi connectivity index (χ0) is 13.5. The Labute approximate surface area is 113 Å². The highest BCUT2D eigenvalue weighted by Gasteiger charge is 2.12. The Bertz CT molecular complexity index is 479. The lowest BCUT2D eigenvalue weighted by Gasteiger charge is -2.14. The third kappa shape index (κ3) is 3.80. The van der Waals surface area contributed by atoms with Crippen LogP contribution in [-0.4, -0.2) is 19.4 Å². The largest absolute Gasteiger partial charge is 0.469 e.